The van der Waals surface area contributed by atoms with E-state index in [0.29, 0.717) is 11.8 Å². The molecule has 2 nitrogen and oxygen atoms in total. The van der Waals surface area contributed by atoms with E-state index in [1.165, 1.54) is 38.5 Å². The quantitative estimate of drug-likeness (QED) is 0.828. The summed E-state index contributed by atoms with van der Waals surface area (Å²) in [6, 6.07) is 6.44. The molecule has 0 bridgehead atoms. The Morgan fingerprint density at radius 3 is 2.68 bits per heavy atom. The Morgan fingerprint density at radius 1 is 1.26 bits per heavy atom. The van der Waals surface area contributed by atoms with Crippen LogP contribution in [0, 0.1) is 5.92 Å². The highest BCUT2D eigenvalue weighted by Crippen LogP contribution is 2.30. The van der Waals surface area contributed by atoms with Crippen molar-refractivity contribution in [2.45, 2.75) is 58.0 Å². The topological polar surface area (TPSA) is 32.3 Å². The number of hydrogen-bond acceptors (Lipinski definition) is 2. The van der Waals surface area contributed by atoms with E-state index >= 15 is 0 Å². The fraction of sp³-hybridized carbons (Fsp3) is 0.625. The van der Waals surface area contributed by atoms with Crippen molar-refractivity contribution in [3.63, 3.8) is 0 Å². The molecule has 0 amide bonds. The molecule has 106 valence electrons. The van der Waals surface area contributed by atoms with Crippen molar-refractivity contribution in [3.8, 4) is 5.75 Å². The molecule has 0 unspecified atom stereocenters. The molecule has 1 aromatic rings. The first-order valence-corrected chi connectivity index (χ1v) is 8.19. The van der Waals surface area contributed by atoms with Gasteiger partial charge in [-0.3, -0.25) is 0 Å². The smallest absolute Gasteiger partial charge is 0.134 e. The van der Waals surface area contributed by atoms with Gasteiger partial charge in [0.15, 0.2) is 0 Å². The number of phenols is 1. The Balaban J connectivity index is 1.79. The number of nitrogens with one attached hydrogen (secondary N) is 1. The number of aromatic hydroxyl groups is 1. The summed E-state index contributed by atoms with van der Waals surface area (Å²) in [4.78, 5) is 0. The molecule has 1 aromatic carbocycles. The second-order valence-electron chi connectivity index (χ2n) is 5.63. The van der Waals surface area contributed by atoms with Crippen LogP contribution in [0.3, 0.4) is 0 Å². The third kappa shape index (κ3) is 4.22. The number of rotatable bonds is 5. The van der Waals surface area contributed by atoms with Crippen molar-refractivity contribution < 1.29 is 5.11 Å². The van der Waals surface area contributed by atoms with Gasteiger partial charge >= 0.3 is 0 Å². The standard InChI is InChI=1S/C16H24BrNO/c1-2-4-12-7-9-14(10-8-12)18-11-13-5-3-6-15(17)16(13)19/h3,5-6,12,14,18-19H,2,4,7-11H2,1H3. The number of phenolic OH excluding ortho intramolecular Hbond substituents is 1. The van der Waals surface area contributed by atoms with Crippen LogP contribution in [0.4, 0.5) is 0 Å². The van der Waals surface area contributed by atoms with E-state index in [2.05, 4.69) is 28.2 Å². The normalized spacial score (nSPS) is 23.5. The van der Waals surface area contributed by atoms with Gasteiger partial charge in [0.25, 0.3) is 0 Å². The monoisotopic (exact) mass is 325 g/mol. The van der Waals surface area contributed by atoms with Gasteiger partial charge in [0.2, 0.25) is 0 Å². The molecule has 0 atom stereocenters. The van der Waals surface area contributed by atoms with Gasteiger partial charge in [-0.05, 0) is 53.6 Å². The summed E-state index contributed by atoms with van der Waals surface area (Å²) in [7, 11) is 0. The average molecular weight is 326 g/mol. The maximum Gasteiger partial charge on any atom is 0.134 e. The number of halogens is 1. The second-order valence-corrected chi connectivity index (χ2v) is 6.49. The van der Waals surface area contributed by atoms with Crippen LogP contribution >= 0.6 is 15.9 Å². The van der Waals surface area contributed by atoms with Crippen molar-refractivity contribution in [3.05, 3.63) is 28.2 Å². The first-order valence-electron chi connectivity index (χ1n) is 7.40. The zero-order valence-corrected chi connectivity index (χ0v) is 13.2. The van der Waals surface area contributed by atoms with Crippen LogP contribution in [-0.4, -0.2) is 11.1 Å². The lowest BCUT2D eigenvalue weighted by Gasteiger charge is -2.29. The summed E-state index contributed by atoms with van der Waals surface area (Å²) in [6.07, 6.45) is 7.97. The summed E-state index contributed by atoms with van der Waals surface area (Å²) >= 11 is 3.36. The van der Waals surface area contributed by atoms with Crippen LogP contribution in [0.1, 0.15) is 51.0 Å². The van der Waals surface area contributed by atoms with Crippen molar-refractivity contribution in [2.75, 3.05) is 0 Å². The van der Waals surface area contributed by atoms with E-state index < -0.39 is 0 Å². The first-order chi connectivity index (χ1) is 9.20. The summed E-state index contributed by atoms with van der Waals surface area (Å²) in [5.41, 5.74) is 0.977. The Hall–Kier alpha value is -0.540. The van der Waals surface area contributed by atoms with E-state index in [1.807, 2.05) is 18.2 Å². The molecule has 1 aliphatic carbocycles. The Morgan fingerprint density at radius 2 is 2.00 bits per heavy atom. The fourth-order valence-corrected chi connectivity index (χ4v) is 3.43. The SMILES string of the molecule is CCCC1CCC(NCc2cccc(Br)c2O)CC1. The van der Waals surface area contributed by atoms with Gasteiger partial charge in [-0.25, -0.2) is 0 Å². The van der Waals surface area contributed by atoms with Crippen molar-refractivity contribution in [2.24, 2.45) is 5.92 Å². The second kappa shape index (κ2) is 7.30. The Kier molecular flexibility index (Phi) is 5.71. The third-order valence-corrected chi connectivity index (χ3v) is 4.84. The maximum absolute atomic E-state index is 9.95. The van der Waals surface area contributed by atoms with Crippen LogP contribution in [0.15, 0.2) is 22.7 Å². The largest absolute Gasteiger partial charge is 0.506 e. The van der Waals surface area contributed by atoms with Crippen molar-refractivity contribution >= 4 is 15.9 Å². The molecule has 0 heterocycles. The molecule has 0 aliphatic heterocycles. The van der Waals surface area contributed by atoms with Gasteiger partial charge in [-0.2, -0.15) is 0 Å². The molecule has 0 saturated heterocycles. The highest BCUT2D eigenvalue weighted by Gasteiger charge is 2.20. The van der Waals surface area contributed by atoms with Crippen LogP contribution in [0.2, 0.25) is 0 Å². The predicted molar refractivity (Wildman–Crippen MR) is 83.3 cm³/mol. The van der Waals surface area contributed by atoms with Gasteiger partial charge < -0.3 is 10.4 Å². The molecule has 0 radical (unpaired) electrons. The number of hydrogen-bond donors (Lipinski definition) is 2. The van der Waals surface area contributed by atoms with Gasteiger partial charge in [0, 0.05) is 18.2 Å². The van der Waals surface area contributed by atoms with E-state index in [4.69, 9.17) is 0 Å². The van der Waals surface area contributed by atoms with Gasteiger partial charge in [0.05, 0.1) is 4.47 Å². The number of benzene rings is 1. The zero-order valence-electron chi connectivity index (χ0n) is 11.7. The number of para-hydroxylation sites is 1. The first kappa shape index (κ1) is 14.9. The van der Waals surface area contributed by atoms with Crippen molar-refractivity contribution in [1.82, 2.24) is 5.32 Å². The predicted octanol–water partition coefficient (Wildman–Crippen LogP) is 4.60. The van der Waals surface area contributed by atoms with Crippen LogP contribution in [0.25, 0.3) is 0 Å². The molecule has 2 rings (SSSR count). The molecule has 3 heteroatoms. The fourth-order valence-electron chi connectivity index (χ4n) is 3.02. The summed E-state index contributed by atoms with van der Waals surface area (Å²) in [6.45, 7) is 3.04. The lowest BCUT2D eigenvalue weighted by Crippen LogP contribution is -2.32. The van der Waals surface area contributed by atoms with Gasteiger partial charge in [-0.1, -0.05) is 31.9 Å². The molecule has 0 aromatic heterocycles. The minimum atomic E-state index is 0.370. The van der Waals surface area contributed by atoms with Gasteiger partial charge in [0.1, 0.15) is 5.75 Å². The Labute approximate surface area is 124 Å². The molecule has 1 fully saturated rings. The molecule has 19 heavy (non-hydrogen) atoms. The lowest BCUT2D eigenvalue weighted by atomic mass is 9.83. The van der Waals surface area contributed by atoms with Crippen LogP contribution in [0.5, 0.6) is 5.75 Å². The highest BCUT2D eigenvalue weighted by atomic mass is 79.9. The van der Waals surface area contributed by atoms with E-state index in [-0.39, 0.29) is 0 Å². The molecular weight excluding hydrogens is 302 g/mol. The van der Waals surface area contributed by atoms with Crippen molar-refractivity contribution in [1.29, 1.82) is 0 Å². The van der Waals surface area contributed by atoms with Gasteiger partial charge in [-0.15, -0.1) is 0 Å². The summed E-state index contributed by atoms with van der Waals surface area (Å²) in [5, 5.41) is 13.5. The average Bonchev–Trinajstić information content (AvgIpc) is 2.42. The Bertz CT molecular complexity index is 400. The van der Waals surface area contributed by atoms with E-state index in [0.717, 1.165) is 22.5 Å². The molecular formula is C16H24BrNO. The molecule has 2 N–H and O–H groups in total. The van der Waals surface area contributed by atoms with E-state index in [1.54, 1.807) is 0 Å². The minimum Gasteiger partial charge on any atom is -0.506 e. The minimum absolute atomic E-state index is 0.370. The van der Waals surface area contributed by atoms with Crippen LogP contribution in [-0.2, 0) is 6.54 Å². The van der Waals surface area contributed by atoms with Crippen LogP contribution < -0.4 is 5.32 Å². The molecule has 0 spiro atoms. The highest BCUT2D eigenvalue weighted by molar-refractivity contribution is 9.10. The maximum atomic E-state index is 9.95. The molecule has 1 saturated carbocycles. The lowest BCUT2D eigenvalue weighted by molar-refractivity contribution is 0.277. The summed E-state index contributed by atoms with van der Waals surface area (Å²) < 4.78 is 0.776. The van der Waals surface area contributed by atoms with E-state index in [9.17, 15) is 5.11 Å². The summed E-state index contributed by atoms with van der Waals surface area (Å²) in [5.74, 6) is 1.32. The molecule has 1 aliphatic rings. The third-order valence-electron chi connectivity index (χ3n) is 4.20. The zero-order chi connectivity index (χ0) is 13.7.